The molecule has 0 aromatic heterocycles. The average molecular weight is 566 g/mol. The van der Waals surface area contributed by atoms with Crippen LogP contribution in [0.25, 0.3) is 0 Å². The summed E-state index contributed by atoms with van der Waals surface area (Å²) in [6.07, 6.45) is 5.86. The van der Waals surface area contributed by atoms with Crippen LogP contribution in [0.4, 0.5) is 0 Å². The monoisotopic (exact) mass is 565 g/mol. The molecule has 1 saturated carbocycles. The van der Waals surface area contributed by atoms with Crippen molar-refractivity contribution in [2.45, 2.75) is 84.1 Å². The lowest BCUT2D eigenvalue weighted by Gasteiger charge is -2.37. The summed E-state index contributed by atoms with van der Waals surface area (Å²) in [6.45, 7) is 6.88. The molecule has 1 N–H and O–H groups in total. The number of ether oxygens (including phenoxy) is 1. The highest BCUT2D eigenvalue weighted by Crippen LogP contribution is 2.34. The maximum absolute atomic E-state index is 13.4. The van der Waals surface area contributed by atoms with Gasteiger partial charge >= 0.3 is 5.97 Å². The summed E-state index contributed by atoms with van der Waals surface area (Å²) in [4.78, 5) is 66.6. The largest absolute Gasteiger partial charge is 0.465 e. The molecule has 3 heterocycles. The quantitative estimate of drug-likeness (QED) is 0.418. The van der Waals surface area contributed by atoms with Crippen molar-refractivity contribution in [1.29, 1.82) is 0 Å². The molecule has 1 aromatic rings. The summed E-state index contributed by atoms with van der Waals surface area (Å²) in [5, 5.41) is 2.44. The smallest absolute Gasteiger partial charge is 0.309 e. The van der Waals surface area contributed by atoms with Gasteiger partial charge in [-0.05, 0) is 74.0 Å². The van der Waals surface area contributed by atoms with E-state index in [-0.39, 0.29) is 53.3 Å². The van der Waals surface area contributed by atoms with Crippen molar-refractivity contribution in [3.05, 3.63) is 34.9 Å². The summed E-state index contributed by atoms with van der Waals surface area (Å²) in [5.74, 6) is -0.431. The standard InChI is InChI=1S/C32H43N3O6/c1-20(2)19-41-32(40)23-11-14-34(15-12-23)30(38)21-3-5-22(6-4-21)31(39)35-16-13-24-17-25(7-8-26(24)18-35)27-9-10-28(36)33-29(27)37/h7-8,17,20-23,27H,3-6,9-16,18-19H2,1-2H3,(H,33,36,37). The molecule has 2 saturated heterocycles. The van der Waals surface area contributed by atoms with E-state index >= 15 is 0 Å². The summed E-state index contributed by atoms with van der Waals surface area (Å²) in [7, 11) is 0. The highest BCUT2D eigenvalue weighted by Gasteiger charge is 2.37. The van der Waals surface area contributed by atoms with Gasteiger partial charge in [0.05, 0.1) is 18.4 Å². The third kappa shape index (κ3) is 6.81. The minimum absolute atomic E-state index is 0.0451. The van der Waals surface area contributed by atoms with Crippen molar-refractivity contribution in [2.75, 3.05) is 26.2 Å². The van der Waals surface area contributed by atoms with Gasteiger partial charge in [-0.15, -0.1) is 0 Å². The number of likely N-dealkylation sites (tertiary alicyclic amines) is 1. The Hall–Kier alpha value is -3.23. The van der Waals surface area contributed by atoms with E-state index in [2.05, 4.69) is 11.4 Å². The van der Waals surface area contributed by atoms with Gasteiger partial charge in [-0.3, -0.25) is 29.3 Å². The van der Waals surface area contributed by atoms with Crippen molar-refractivity contribution in [3.8, 4) is 0 Å². The number of piperidine rings is 2. The Labute approximate surface area is 242 Å². The zero-order valence-electron chi connectivity index (χ0n) is 24.4. The van der Waals surface area contributed by atoms with E-state index in [4.69, 9.17) is 4.74 Å². The Bertz CT molecular complexity index is 1180. The van der Waals surface area contributed by atoms with Crippen molar-refractivity contribution in [2.24, 2.45) is 23.7 Å². The first-order valence-electron chi connectivity index (χ1n) is 15.4. The number of rotatable bonds is 6. The molecule has 1 unspecified atom stereocenters. The molecule has 5 rings (SSSR count). The number of esters is 1. The molecule has 3 aliphatic heterocycles. The van der Waals surface area contributed by atoms with Crippen LogP contribution in [0.2, 0.25) is 0 Å². The Kier molecular flexibility index (Phi) is 9.09. The number of fused-ring (bicyclic) bond motifs is 1. The fraction of sp³-hybridized carbons (Fsp3) is 0.656. The van der Waals surface area contributed by atoms with Crippen molar-refractivity contribution < 1.29 is 28.7 Å². The van der Waals surface area contributed by atoms with Crippen LogP contribution in [-0.2, 0) is 41.7 Å². The second-order valence-electron chi connectivity index (χ2n) is 12.7. The van der Waals surface area contributed by atoms with E-state index < -0.39 is 0 Å². The first-order chi connectivity index (χ1) is 19.7. The van der Waals surface area contributed by atoms with Crippen LogP contribution >= 0.6 is 0 Å². The topological polar surface area (TPSA) is 113 Å². The number of imide groups is 1. The van der Waals surface area contributed by atoms with Crippen molar-refractivity contribution >= 4 is 29.6 Å². The van der Waals surface area contributed by atoms with Crippen LogP contribution in [0.5, 0.6) is 0 Å². The first kappa shape index (κ1) is 29.3. The summed E-state index contributed by atoms with van der Waals surface area (Å²) in [6, 6.07) is 6.06. The molecule has 9 heteroatoms. The Balaban J connectivity index is 1.08. The van der Waals surface area contributed by atoms with Gasteiger partial charge in [-0.2, -0.15) is 0 Å². The van der Waals surface area contributed by atoms with Crippen LogP contribution in [0.15, 0.2) is 18.2 Å². The van der Waals surface area contributed by atoms with E-state index in [1.807, 2.05) is 35.8 Å². The summed E-state index contributed by atoms with van der Waals surface area (Å²) >= 11 is 0. The Morgan fingerprint density at radius 1 is 0.829 bits per heavy atom. The number of nitrogens with zero attached hydrogens (tertiary/aromatic N) is 2. The molecule has 1 aromatic carbocycles. The molecule has 222 valence electrons. The zero-order chi connectivity index (χ0) is 29.1. The molecule has 3 fully saturated rings. The number of hydrogen-bond donors (Lipinski definition) is 1. The van der Waals surface area contributed by atoms with Crippen LogP contribution in [-0.4, -0.2) is 65.6 Å². The summed E-state index contributed by atoms with van der Waals surface area (Å²) < 4.78 is 5.39. The van der Waals surface area contributed by atoms with E-state index in [1.54, 1.807) is 0 Å². The maximum Gasteiger partial charge on any atom is 0.309 e. The van der Waals surface area contributed by atoms with Gasteiger partial charge in [0.1, 0.15) is 0 Å². The molecule has 9 nitrogen and oxygen atoms in total. The van der Waals surface area contributed by atoms with Gasteiger partial charge in [-0.25, -0.2) is 0 Å². The summed E-state index contributed by atoms with van der Waals surface area (Å²) in [5.41, 5.74) is 3.22. The van der Waals surface area contributed by atoms with E-state index in [0.717, 1.165) is 43.2 Å². The second-order valence-corrected chi connectivity index (χ2v) is 12.7. The van der Waals surface area contributed by atoms with Crippen LogP contribution in [0, 0.1) is 23.7 Å². The lowest BCUT2D eigenvalue weighted by atomic mass is 9.80. The number of carbonyl (C=O) groups excluding carboxylic acids is 5. The van der Waals surface area contributed by atoms with Crippen molar-refractivity contribution in [3.63, 3.8) is 0 Å². The van der Waals surface area contributed by atoms with Crippen LogP contribution in [0.3, 0.4) is 0 Å². The Morgan fingerprint density at radius 3 is 2.12 bits per heavy atom. The minimum atomic E-state index is -0.298. The SMILES string of the molecule is CC(C)COC(=O)C1CCN(C(=O)C2CCC(C(=O)N3CCc4cc(C5CCC(=O)NC5=O)ccc4C3)CC2)CC1. The van der Waals surface area contributed by atoms with Gasteiger partial charge in [0.25, 0.3) is 0 Å². The first-order valence-corrected chi connectivity index (χ1v) is 15.4. The fourth-order valence-electron chi connectivity index (χ4n) is 6.80. The Morgan fingerprint density at radius 2 is 1.49 bits per heavy atom. The maximum atomic E-state index is 13.4. The number of amides is 4. The number of carbonyl (C=O) groups is 5. The van der Waals surface area contributed by atoms with Gasteiger partial charge in [0, 0.05) is 44.4 Å². The molecule has 0 spiro atoms. The van der Waals surface area contributed by atoms with E-state index in [1.165, 1.54) is 5.56 Å². The predicted octanol–water partition coefficient (Wildman–Crippen LogP) is 3.34. The number of hydrogen-bond acceptors (Lipinski definition) is 6. The highest BCUT2D eigenvalue weighted by molar-refractivity contribution is 6.01. The second kappa shape index (κ2) is 12.7. The third-order valence-corrected chi connectivity index (χ3v) is 9.32. The third-order valence-electron chi connectivity index (χ3n) is 9.32. The molecule has 1 atom stereocenters. The van der Waals surface area contributed by atoms with Gasteiger partial charge < -0.3 is 14.5 Å². The number of benzene rings is 1. The molecule has 1 aliphatic carbocycles. The molecular formula is C32H43N3O6. The lowest BCUT2D eigenvalue weighted by Crippen LogP contribution is -2.45. The van der Waals surface area contributed by atoms with E-state index in [0.29, 0.717) is 64.4 Å². The highest BCUT2D eigenvalue weighted by atomic mass is 16.5. The minimum Gasteiger partial charge on any atom is -0.465 e. The number of nitrogens with one attached hydrogen (secondary N) is 1. The van der Waals surface area contributed by atoms with Crippen LogP contribution < -0.4 is 5.32 Å². The van der Waals surface area contributed by atoms with Crippen LogP contribution in [0.1, 0.15) is 87.8 Å². The van der Waals surface area contributed by atoms with E-state index in [9.17, 15) is 24.0 Å². The average Bonchev–Trinajstić information content (AvgIpc) is 2.99. The lowest BCUT2D eigenvalue weighted by molar-refractivity contribution is -0.153. The van der Waals surface area contributed by atoms with Gasteiger partial charge in [0.2, 0.25) is 23.6 Å². The van der Waals surface area contributed by atoms with Gasteiger partial charge in [0.15, 0.2) is 0 Å². The molecule has 41 heavy (non-hydrogen) atoms. The molecule has 0 bridgehead atoms. The predicted molar refractivity (Wildman–Crippen MR) is 151 cm³/mol. The molecule has 4 amide bonds. The normalized spacial score (nSPS) is 25.5. The van der Waals surface area contributed by atoms with Crippen molar-refractivity contribution in [1.82, 2.24) is 15.1 Å². The molecule has 0 radical (unpaired) electrons. The van der Waals surface area contributed by atoms with Gasteiger partial charge in [-0.1, -0.05) is 32.0 Å². The zero-order valence-corrected chi connectivity index (χ0v) is 24.4. The molecular weight excluding hydrogens is 522 g/mol. The molecule has 4 aliphatic rings. The fourth-order valence-corrected chi connectivity index (χ4v) is 6.80.